The second-order valence-electron chi connectivity index (χ2n) is 3.25. The first kappa shape index (κ1) is 12.7. The van der Waals surface area contributed by atoms with E-state index >= 15 is 0 Å². The Balaban J connectivity index is 3.02. The number of ether oxygens (including phenoxy) is 1. The van der Waals surface area contributed by atoms with E-state index in [0.717, 1.165) is 11.1 Å². The molecule has 0 fully saturated rings. The number of halogens is 1. The molecule has 1 amide bonds. The van der Waals surface area contributed by atoms with E-state index in [4.69, 9.17) is 16.3 Å². The van der Waals surface area contributed by atoms with Crippen molar-refractivity contribution in [1.82, 2.24) is 0 Å². The molecule has 0 atom stereocenters. The summed E-state index contributed by atoms with van der Waals surface area (Å²) in [5.74, 6) is -0.203. The van der Waals surface area contributed by atoms with Crippen LogP contribution in [0.1, 0.15) is 18.1 Å². The summed E-state index contributed by atoms with van der Waals surface area (Å²) in [7, 11) is 0. The lowest BCUT2D eigenvalue weighted by Crippen LogP contribution is -2.10. The average Bonchev–Trinajstić information content (AvgIpc) is 2.28. The molecule has 0 saturated heterocycles. The lowest BCUT2D eigenvalue weighted by Gasteiger charge is -2.07. The van der Waals surface area contributed by atoms with Gasteiger partial charge in [-0.15, -0.1) is 11.6 Å². The van der Waals surface area contributed by atoms with Crippen LogP contribution in [-0.4, -0.2) is 24.3 Å². The summed E-state index contributed by atoms with van der Waals surface area (Å²) in [6.07, 6.45) is 0. The number of hydrogen-bond donors (Lipinski definition) is 0. The van der Waals surface area contributed by atoms with Crippen molar-refractivity contribution in [3.8, 4) is 0 Å². The summed E-state index contributed by atoms with van der Waals surface area (Å²) in [6, 6.07) is 7.62. The molecule has 4 heteroatoms. The SMILES string of the molecule is CCO/C(=N\C(=O)CCl)c1cccc(C)c1. The van der Waals surface area contributed by atoms with E-state index in [1.165, 1.54) is 0 Å². The number of aryl methyl sites for hydroxylation is 1. The molecule has 86 valence electrons. The third kappa shape index (κ3) is 3.66. The van der Waals surface area contributed by atoms with Crippen LogP contribution in [0.5, 0.6) is 0 Å². The van der Waals surface area contributed by atoms with Gasteiger partial charge in [-0.3, -0.25) is 4.79 Å². The van der Waals surface area contributed by atoms with Crippen LogP contribution in [0.25, 0.3) is 0 Å². The Morgan fingerprint density at radius 3 is 2.81 bits per heavy atom. The Labute approximate surface area is 100 Å². The minimum absolute atomic E-state index is 0.137. The van der Waals surface area contributed by atoms with E-state index in [-0.39, 0.29) is 5.88 Å². The number of hydrogen-bond acceptors (Lipinski definition) is 2. The molecule has 16 heavy (non-hydrogen) atoms. The molecule has 0 aliphatic heterocycles. The molecule has 0 saturated carbocycles. The minimum Gasteiger partial charge on any atom is -0.477 e. The molecular formula is C12H14ClNO2. The van der Waals surface area contributed by atoms with E-state index in [2.05, 4.69) is 4.99 Å². The number of alkyl halides is 1. The van der Waals surface area contributed by atoms with Crippen LogP contribution in [0.3, 0.4) is 0 Å². The van der Waals surface area contributed by atoms with Gasteiger partial charge in [-0.1, -0.05) is 17.7 Å². The highest BCUT2D eigenvalue weighted by Crippen LogP contribution is 2.07. The fourth-order valence-electron chi connectivity index (χ4n) is 1.24. The molecule has 0 heterocycles. The van der Waals surface area contributed by atoms with E-state index in [9.17, 15) is 4.79 Å². The molecule has 0 spiro atoms. The third-order valence-corrected chi connectivity index (χ3v) is 2.12. The predicted octanol–water partition coefficient (Wildman–Crippen LogP) is 2.54. The van der Waals surface area contributed by atoms with Crippen molar-refractivity contribution in [2.75, 3.05) is 12.5 Å². The van der Waals surface area contributed by atoms with Crippen LogP contribution in [0.15, 0.2) is 29.3 Å². The van der Waals surface area contributed by atoms with Gasteiger partial charge in [0.25, 0.3) is 5.91 Å². The second kappa shape index (κ2) is 6.28. The molecule has 0 aliphatic rings. The van der Waals surface area contributed by atoms with Crippen molar-refractivity contribution in [2.24, 2.45) is 4.99 Å². The first-order valence-corrected chi connectivity index (χ1v) is 5.58. The maximum Gasteiger partial charge on any atom is 0.263 e. The Morgan fingerprint density at radius 2 is 2.25 bits per heavy atom. The maximum absolute atomic E-state index is 11.2. The average molecular weight is 240 g/mol. The minimum atomic E-state index is -0.397. The lowest BCUT2D eigenvalue weighted by molar-refractivity contribution is -0.115. The predicted molar refractivity (Wildman–Crippen MR) is 65.1 cm³/mol. The van der Waals surface area contributed by atoms with Gasteiger partial charge < -0.3 is 4.74 Å². The summed E-state index contributed by atoms with van der Waals surface area (Å²) in [6.45, 7) is 4.27. The zero-order valence-electron chi connectivity index (χ0n) is 9.37. The summed E-state index contributed by atoms with van der Waals surface area (Å²) in [4.78, 5) is 15.0. The highest BCUT2D eigenvalue weighted by atomic mass is 35.5. The Morgan fingerprint density at radius 1 is 1.50 bits per heavy atom. The zero-order valence-corrected chi connectivity index (χ0v) is 10.1. The van der Waals surface area contributed by atoms with Crippen molar-refractivity contribution in [3.63, 3.8) is 0 Å². The quantitative estimate of drug-likeness (QED) is 0.462. The molecule has 3 nitrogen and oxygen atoms in total. The largest absolute Gasteiger partial charge is 0.477 e. The Bertz CT molecular complexity index is 402. The Hall–Kier alpha value is -1.35. The number of carbonyl (C=O) groups is 1. The van der Waals surface area contributed by atoms with Crippen molar-refractivity contribution in [1.29, 1.82) is 0 Å². The van der Waals surface area contributed by atoms with E-state index < -0.39 is 5.91 Å². The number of aliphatic imine (C=N–C) groups is 1. The number of carbonyl (C=O) groups excluding carboxylic acids is 1. The number of rotatable bonds is 3. The summed E-state index contributed by atoms with van der Waals surface area (Å²) < 4.78 is 5.33. The highest BCUT2D eigenvalue weighted by Gasteiger charge is 2.07. The zero-order chi connectivity index (χ0) is 12.0. The molecule has 1 aromatic rings. The van der Waals surface area contributed by atoms with Gasteiger partial charge >= 0.3 is 0 Å². The molecule has 1 rings (SSSR count). The second-order valence-corrected chi connectivity index (χ2v) is 3.51. The van der Waals surface area contributed by atoms with Crippen LogP contribution >= 0.6 is 11.6 Å². The van der Waals surface area contributed by atoms with Crippen LogP contribution in [-0.2, 0) is 9.53 Å². The van der Waals surface area contributed by atoms with Crippen LogP contribution in [0.4, 0.5) is 0 Å². The van der Waals surface area contributed by atoms with E-state index in [0.29, 0.717) is 12.5 Å². The number of benzene rings is 1. The fraction of sp³-hybridized carbons (Fsp3) is 0.333. The third-order valence-electron chi connectivity index (χ3n) is 1.89. The molecule has 0 bridgehead atoms. The van der Waals surface area contributed by atoms with Gasteiger partial charge in [-0.2, -0.15) is 4.99 Å². The molecule has 0 aliphatic carbocycles. The summed E-state index contributed by atoms with van der Waals surface area (Å²) in [5.41, 5.74) is 1.88. The lowest BCUT2D eigenvalue weighted by atomic mass is 10.1. The molecule has 0 aromatic heterocycles. The normalized spacial score (nSPS) is 11.3. The first-order chi connectivity index (χ1) is 7.67. The summed E-state index contributed by atoms with van der Waals surface area (Å²) in [5, 5.41) is 0. The van der Waals surface area contributed by atoms with Crippen molar-refractivity contribution >= 4 is 23.4 Å². The monoisotopic (exact) mass is 239 g/mol. The Kier molecular flexibility index (Phi) is 4.99. The van der Waals surface area contributed by atoms with Gasteiger partial charge in [0.15, 0.2) is 0 Å². The topological polar surface area (TPSA) is 38.7 Å². The standard InChI is InChI=1S/C12H14ClNO2/c1-3-16-12(14-11(15)8-13)10-6-4-5-9(2)7-10/h4-7H,3,8H2,1-2H3/b14-12-. The molecule has 0 N–H and O–H groups in total. The first-order valence-electron chi connectivity index (χ1n) is 5.04. The van der Waals surface area contributed by atoms with Crippen LogP contribution in [0, 0.1) is 6.92 Å². The number of amides is 1. The van der Waals surface area contributed by atoms with Crippen molar-refractivity contribution in [3.05, 3.63) is 35.4 Å². The van der Waals surface area contributed by atoms with Crippen molar-refractivity contribution < 1.29 is 9.53 Å². The van der Waals surface area contributed by atoms with Gasteiger partial charge in [0.2, 0.25) is 5.90 Å². The summed E-state index contributed by atoms with van der Waals surface area (Å²) >= 11 is 5.40. The van der Waals surface area contributed by atoms with Gasteiger partial charge in [0.1, 0.15) is 5.88 Å². The van der Waals surface area contributed by atoms with Crippen molar-refractivity contribution in [2.45, 2.75) is 13.8 Å². The highest BCUT2D eigenvalue weighted by molar-refractivity contribution is 6.28. The van der Waals surface area contributed by atoms with Gasteiger partial charge in [0, 0.05) is 5.56 Å². The fourth-order valence-corrected chi connectivity index (χ4v) is 1.30. The molecule has 1 aromatic carbocycles. The smallest absolute Gasteiger partial charge is 0.263 e. The van der Waals surface area contributed by atoms with Crippen LogP contribution < -0.4 is 0 Å². The molecule has 0 unspecified atom stereocenters. The number of nitrogens with zero attached hydrogens (tertiary/aromatic N) is 1. The maximum atomic E-state index is 11.2. The van der Waals surface area contributed by atoms with Crippen LogP contribution in [0.2, 0.25) is 0 Å². The van der Waals surface area contributed by atoms with Gasteiger partial charge in [-0.25, -0.2) is 0 Å². The molecule has 0 radical (unpaired) electrons. The molecular weight excluding hydrogens is 226 g/mol. The van der Waals surface area contributed by atoms with Gasteiger partial charge in [0.05, 0.1) is 6.61 Å². The van der Waals surface area contributed by atoms with E-state index in [1.807, 2.05) is 38.1 Å². The van der Waals surface area contributed by atoms with E-state index in [1.54, 1.807) is 0 Å². The van der Waals surface area contributed by atoms with Gasteiger partial charge in [-0.05, 0) is 26.0 Å².